The zero-order valence-corrected chi connectivity index (χ0v) is 13.3. The van der Waals surface area contributed by atoms with Crippen molar-refractivity contribution in [1.82, 2.24) is 15.1 Å². The summed E-state index contributed by atoms with van der Waals surface area (Å²) in [7, 11) is 0. The first-order valence-electron chi connectivity index (χ1n) is 7.53. The lowest BCUT2D eigenvalue weighted by molar-refractivity contribution is -0.136. The van der Waals surface area contributed by atoms with Gasteiger partial charge in [0, 0.05) is 31.7 Å². The van der Waals surface area contributed by atoms with Crippen LogP contribution in [0, 0.1) is 5.92 Å². The highest BCUT2D eigenvalue weighted by Crippen LogP contribution is 2.07. The predicted molar refractivity (Wildman–Crippen MR) is 80.2 cm³/mol. The molecule has 0 aromatic heterocycles. The maximum Gasteiger partial charge on any atom is 0.236 e. The van der Waals surface area contributed by atoms with Crippen molar-refractivity contribution >= 4 is 5.91 Å². The van der Waals surface area contributed by atoms with Gasteiger partial charge in [0.2, 0.25) is 5.91 Å². The van der Waals surface area contributed by atoms with E-state index in [2.05, 4.69) is 44.8 Å². The van der Waals surface area contributed by atoms with Gasteiger partial charge in [0.25, 0.3) is 0 Å². The fourth-order valence-electron chi connectivity index (χ4n) is 2.19. The molecular weight excluding hydrogens is 238 g/mol. The maximum absolute atomic E-state index is 12.1. The Bertz CT molecular complexity index is 284. The van der Waals surface area contributed by atoms with Gasteiger partial charge in [0.05, 0.1) is 6.54 Å². The van der Waals surface area contributed by atoms with Gasteiger partial charge in [0.1, 0.15) is 0 Å². The Morgan fingerprint density at radius 1 is 1.21 bits per heavy atom. The first kappa shape index (κ1) is 16.4. The molecular formula is C15H31N3O. The van der Waals surface area contributed by atoms with Crippen LogP contribution in [0.4, 0.5) is 0 Å². The highest BCUT2D eigenvalue weighted by atomic mass is 16.2. The summed E-state index contributed by atoms with van der Waals surface area (Å²) in [6.45, 7) is 16.2. The molecule has 0 atom stereocenters. The van der Waals surface area contributed by atoms with Crippen LogP contribution in [-0.4, -0.2) is 60.5 Å². The SMILES string of the molecule is CC(C)CCN1CCN(CCNC(C)(C)C)C(=O)C1. The summed E-state index contributed by atoms with van der Waals surface area (Å²) >= 11 is 0. The Morgan fingerprint density at radius 2 is 1.89 bits per heavy atom. The third-order valence-electron chi connectivity index (χ3n) is 3.46. The molecule has 1 aliphatic heterocycles. The van der Waals surface area contributed by atoms with Gasteiger partial charge in [-0.15, -0.1) is 0 Å². The van der Waals surface area contributed by atoms with E-state index >= 15 is 0 Å². The number of nitrogens with zero attached hydrogens (tertiary/aromatic N) is 2. The quantitative estimate of drug-likeness (QED) is 0.795. The van der Waals surface area contributed by atoms with E-state index in [1.807, 2.05) is 4.90 Å². The zero-order chi connectivity index (χ0) is 14.5. The van der Waals surface area contributed by atoms with Crippen LogP contribution in [0.5, 0.6) is 0 Å². The van der Waals surface area contributed by atoms with Crippen molar-refractivity contribution < 1.29 is 4.79 Å². The van der Waals surface area contributed by atoms with E-state index in [9.17, 15) is 4.79 Å². The molecule has 1 fully saturated rings. The second kappa shape index (κ2) is 7.25. The van der Waals surface area contributed by atoms with Gasteiger partial charge in [-0.2, -0.15) is 0 Å². The van der Waals surface area contributed by atoms with Crippen LogP contribution >= 0.6 is 0 Å². The van der Waals surface area contributed by atoms with Crippen LogP contribution in [0.1, 0.15) is 41.0 Å². The number of amides is 1. The summed E-state index contributed by atoms with van der Waals surface area (Å²) in [5, 5.41) is 3.43. The average molecular weight is 269 g/mol. The molecule has 19 heavy (non-hydrogen) atoms. The number of hydrogen-bond acceptors (Lipinski definition) is 3. The van der Waals surface area contributed by atoms with Crippen LogP contribution in [0.2, 0.25) is 0 Å². The van der Waals surface area contributed by atoms with E-state index in [0.29, 0.717) is 12.5 Å². The fourth-order valence-corrected chi connectivity index (χ4v) is 2.19. The highest BCUT2D eigenvalue weighted by Gasteiger charge is 2.23. The lowest BCUT2D eigenvalue weighted by atomic mass is 10.1. The molecule has 1 saturated heterocycles. The zero-order valence-electron chi connectivity index (χ0n) is 13.3. The van der Waals surface area contributed by atoms with Crippen molar-refractivity contribution in [3.63, 3.8) is 0 Å². The van der Waals surface area contributed by atoms with Gasteiger partial charge in [-0.05, 0) is 39.7 Å². The maximum atomic E-state index is 12.1. The Labute approximate surface area is 118 Å². The van der Waals surface area contributed by atoms with Crippen LogP contribution in [-0.2, 0) is 4.79 Å². The third kappa shape index (κ3) is 6.92. The molecule has 0 saturated carbocycles. The monoisotopic (exact) mass is 269 g/mol. The van der Waals surface area contributed by atoms with E-state index in [4.69, 9.17) is 0 Å². The van der Waals surface area contributed by atoms with E-state index in [0.717, 1.165) is 32.7 Å². The standard InChI is InChI=1S/C15H31N3O/c1-13(2)6-8-17-10-11-18(14(19)12-17)9-7-16-15(3,4)5/h13,16H,6-12H2,1-5H3. The summed E-state index contributed by atoms with van der Waals surface area (Å²) in [6.07, 6.45) is 1.18. The van der Waals surface area contributed by atoms with E-state index in [1.165, 1.54) is 6.42 Å². The van der Waals surface area contributed by atoms with Gasteiger partial charge in [0.15, 0.2) is 0 Å². The lowest BCUT2D eigenvalue weighted by Crippen LogP contribution is -2.53. The number of carbonyl (C=O) groups excluding carboxylic acids is 1. The highest BCUT2D eigenvalue weighted by molar-refractivity contribution is 5.79. The predicted octanol–water partition coefficient (Wildman–Crippen LogP) is 1.56. The molecule has 112 valence electrons. The number of carbonyl (C=O) groups is 1. The minimum absolute atomic E-state index is 0.127. The van der Waals surface area contributed by atoms with Gasteiger partial charge in [-0.25, -0.2) is 0 Å². The second-order valence-electron chi connectivity index (χ2n) is 7.02. The molecule has 0 bridgehead atoms. The summed E-state index contributed by atoms with van der Waals surface area (Å²) in [6, 6.07) is 0. The molecule has 4 heteroatoms. The van der Waals surface area contributed by atoms with Gasteiger partial charge >= 0.3 is 0 Å². The van der Waals surface area contributed by atoms with Crippen LogP contribution in [0.25, 0.3) is 0 Å². The molecule has 0 aliphatic carbocycles. The van der Waals surface area contributed by atoms with E-state index in [1.54, 1.807) is 0 Å². The lowest BCUT2D eigenvalue weighted by Gasteiger charge is -2.35. The summed E-state index contributed by atoms with van der Waals surface area (Å²) in [5.74, 6) is 0.995. The number of hydrogen-bond donors (Lipinski definition) is 1. The Balaban J connectivity index is 2.24. The Hall–Kier alpha value is -0.610. The minimum Gasteiger partial charge on any atom is -0.339 e. The molecule has 0 aromatic rings. The summed E-state index contributed by atoms with van der Waals surface area (Å²) in [4.78, 5) is 16.3. The normalized spacial score (nSPS) is 18.4. The van der Waals surface area contributed by atoms with E-state index in [-0.39, 0.29) is 11.4 Å². The first-order valence-corrected chi connectivity index (χ1v) is 7.53. The first-order chi connectivity index (χ1) is 8.78. The molecule has 1 rings (SSSR count). The number of nitrogens with one attached hydrogen (secondary N) is 1. The summed E-state index contributed by atoms with van der Waals surface area (Å²) < 4.78 is 0. The largest absolute Gasteiger partial charge is 0.339 e. The van der Waals surface area contributed by atoms with Crippen molar-refractivity contribution in [2.45, 2.75) is 46.6 Å². The van der Waals surface area contributed by atoms with Crippen LogP contribution < -0.4 is 5.32 Å². The van der Waals surface area contributed by atoms with Crippen LogP contribution in [0.15, 0.2) is 0 Å². The molecule has 0 aromatic carbocycles. The molecule has 0 unspecified atom stereocenters. The molecule has 1 amide bonds. The molecule has 1 heterocycles. The fraction of sp³-hybridized carbons (Fsp3) is 0.933. The number of rotatable bonds is 6. The van der Waals surface area contributed by atoms with Crippen molar-refractivity contribution in [2.75, 3.05) is 39.3 Å². The summed E-state index contributed by atoms with van der Waals surface area (Å²) in [5.41, 5.74) is 0.127. The van der Waals surface area contributed by atoms with Crippen LogP contribution in [0.3, 0.4) is 0 Å². The molecule has 4 nitrogen and oxygen atoms in total. The molecule has 0 spiro atoms. The van der Waals surface area contributed by atoms with Crippen molar-refractivity contribution in [1.29, 1.82) is 0 Å². The van der Waals surface area contributed by atoms with Gasteiger partial charge in [-0.1, -0.05) is 13.8 Å². The molecule has 1 aliphatic rings. The van der Waals surface area contributed by atoms with Crippen molar-refractivity contribution in [2.24, 2.45) is 5.92 Å². The molecule has 0 radical (unpaired) electrons. The second-order valence-corrected chi connectivity index (χ2v) is 7.02. The Morgan fingerprint density at radius 3 is 2.42 bits per heavy atom. The smallest absolute Gasteiger partial charge is 0.236 e. The number of piperazine rings is 1. The third-order valence-corrected chi connectivity index (χ3v) is 3.46. The Kier molecular flexibility index (Phi) is 6.27. The molecule has 1 N–H and O–H groups in total. The minimum atomic E-state index is 0.127. The average Bonchev–Trinajstić information content (AvgIpc) is 2.27. The van der Waals surface area contributed by atoms with E-state index < -0.39 is 0 Å². The van der Waals surface area contributed by atoms with Gasteiger partial charge < -0.3 is 10.2 Å². The van der Waals surface area contributed by atoms with Crippen molar-refractivity contribution in [3.8, 4) is 0 Å². The van der Waals surface area contributed by atoms with Crippen molar-refractivity contribution in [3.05, 3.63) is 0 Å². The van der Waals surface area contributed by atoms with Gasteiger partial charge in [-0.3, -0.25) is 9.69 Å². The topological polar surface area (TPSA) is 35.6 Å².